The van der Waals surface area contributed by atoms with Gasteiger partial charge in [-0.25, -0.2) is 19.7 Å². The van der Waals surface area contributed by atoms with Crippen LogP contribution in [-0.2, 0) is 16.0 Å². The molecule has 3 aromatic rings. The summed E-state index contributed by atoms with van der Waals surface area (Å²) < 4.78 is 11.5. The van der Waals surface area contributed by atoms with Gasteiger partial charge in [0.15, 0.2) is 5.82 Å². The number of morpholine rings is 1. The molecule has 0 saturated carbocycles. The quantitative estimate of drug-likeness (QED) is 0.449. The Labute approximate surface area is 245 Å². The number of pyridine rings is 1. The van der Waals surface area contributed by atoms with Gasteiger partial charge in [0, 0.05) is 44.3 Å². The topological polar surface area (TPSA) is 136 Å². The van der Waals surface area contributed by atoms with E-state index in [4.69, 9.17) is 20.2 Å². The molecule has 3 aliphatic rings. The Morgan fingerprint density at radius 1 is 1.05 bits per heavy atom. The Morgan fingerprint density at radius 2 is 1.79 bits per heavy atom. The van der Waals surface area contributed by atoms with Gasteiger partial charge in [-0.2, -0.15) is 0 Å². The van der Waals surface area contributed by atoms with Crippen LogP contribution in [0.5, 0.6) is 0 Å². The van der Waals surface area contributed by atoms with Crippen LogP contribution in [0.15, 0.2) is 36.7 Å². The first-order chi connectivity index (χ1) is 20.1. The molecule has 42 heavy (non-hydrogen) atoms. The minimum absolute atomic E-state index is 0.0680. The van der Waals surface area contributed by atoms with E-state index in [-0.39, 0.29) is 17.7 Å². The molecule has 0 radical (unpaired) electrons. The van der Waals surface area contributed by atoms with Gasteiger partial charge in [0.05, 0.1) is 23.5 Å². The molecule has 2 bridgehead atoms. The molecule has 11 nitrogen and oxygen atoms in total. The number of likely N-dealkylation sites (tertiary alicyclic amines) is 2. The van der Waals surface area contributed by atoms with E-state index in [1.54, 1.807) is 11.0 Å². The van der Waals surface area contributed by atoms with Gasteiger partial charge in [0.2, 0.25) is 0 Å². The average Bonchev–Trinajstić information content (AvgIpc) is 3.30. The fourth-order valence-corrected chi connectivity index (χ4v) is 6.13. The number of nitrogens with two attached hydrogens (primary N) is 1. The van der Waals surface area contributed by atoms with Crippen LogP contribution in [0.2, 0.25) is 0 Å². The fourth-order valence-electron chi connectivity index (χ4n) is 6.13. The van der Waals surface area contributed by atoms with E-state index in [9.17, 15) is 9.59 Å². The van der Waals surface area contributed by atoms with Gasteiger partial charge in [0.1, 0.15) is 23.0 Å². The Bertz CT molecular complexity index is 1460. The molecule has 3 saturated heterocycles. The molecule has 3 atom stereocenters. The number of carbonyl (C=O) groups excluding carboxylic acids is 2. The zero-order chi connectivity index (χ0) is 29.4. The number of hydrogen-bond acceptors (Lipinski definition) is 9. The first-order valence-corrected chi connectivity index (χ1v) is 14.8. The van der Waals surface area contributed by atoms with E-state index in [1.165, 1.54) is 11.9 Å². The van der Waals surface area contributed by atoms with Gasteiger partial charge in [-0.15, -0.1) is 0 Å². The molecular formula is C31H39N7O4. The predicted octanol–water partition coefficient (Wildman–Crippen LogP) is 3.97. The summed E-state index contributed by atoms with van der Waals surface area (Å²) in [6, 6.07) is 9.90. The number of anilines is 1. The summed E-state index contributed by atoms with van der Waals surface area (Å²) in [5, 5.41) is 3.45. The molecule has 5 heterocycles. The van der Waals surface area contributed by atoms with Crippen molar-refractivity contribution < 1.29 is 19.1 Å². The number of primary amides is 1. The molecule has 0 aliphatic carbocycles. The van der Waals surface area contributed by atoms with Crippen LogP contribution < -0.4 is 11.1 Å². The number of benzene rings is 1. The lowest BCUT2D eigenvalue weighted by Gasteiger charge is -2.34. The van der Waals surface area contributed by atoms with Crippen molar-refractivity contribution >= 4 is 28.9 Å². The van der Waals surface area contributed by atoms with Crippen molar-refractivity contribution in [2.45, 2.75) is 76.9 Å². The lowest BCUT2D eigenvalue weighted by molar-refractivity contribution is -0.0410. The Morgan fingerprint density at radius 3 is 2.48 bits per heavy atom. The van der Waals surface area contributed by atoms with Crippen molar-refractivity contribution in [2.24, 2.45) is 5.73 Å². The van der Waals surface area contributed by atoms with Gasteiger partial charge < -0.3 is 25.4 Å². The summed E-state index contributed by atoms with van der Waals surface area (Å²) in [5.74, 6) is -0.0837. The number of ether oxygens (including phenoxy) is 2. The van der Waals surface area contributed by atoms with Crippen molar-refractivity contribution in [2.75, 3.05) is 31.5 Å². The Balaban J connectivity index is 1.23. The third kappa shape index (κ3) is 6.32. The minimum atomic E-state index is -0.583. The molecule has 3 aliphatic heterocycles. The molecule has 11 heteroatoms. The summed E-state index contributed by atoms with van der Waals surface area (Å²) in [7, 11) is 0. The smallest absolute Gasteiger partial charge is 0.410 e. The van der Waals surface area contributed by atoms with Crippen molar-refractivity contribution in [1.82, 2.24) is 24.8 Å². The van der Waals surface area contributed by atoms with Crippen LogP contribution in [0, 0.1) is 0 Å². The second-order valence-electron chi connectivity index (χ2n) is 12.6. The van der Waals surface area contributed by atoms with Crippen molar-refractivity contribution in [3.63, 3.8) is 0 Å². The maximum Gasteiger partial charge on any atom is 0.410 e. The van der Waals surface area contributed by atoms with Crippen LogP contribution in [0.3, 0.4) is 0 Å². The zero-order valence-electron chi connectivity index (χ0n) is 24.5. The van der Waals surface area contributed by atoms with Crippen LogP contribution in [-0.4, -0.2) is 86.8 Å². The van der Waals surface area contributed by atoms with Crippen LogP contribution in [0.4, 0.5) is 10.6 Å². The van der Waals surface area contributed by atoms with Crippen LogP contribution >= 0.6 is 0 Å². The van der Waals surface area contributed by atoms with E-state index < -0.39 is 11.5 Å². The van der Waals surface area contributed by atoms with E-state index in [1.807, 2.05) is 32.9 Å². The number of nitrogens with one attached hydrogen (secondary N) is 1. The third-order valence-electron chi connectivity index (χ3n) is 8.05. The summed E-state index contributed by atoms with van der Waals surface area (Å²) in [6.45, 7) is 9.49. The number of rotatable bonds is 6. The highest BCUT2D eigenvalue weighted by molar-refractivity contribution is 6.06. The van der Waals surface area contributed by atoms with E-state index >= 15 is 0 Å². The van der Waals surface area contributed by atoms with E-state index in [0.29, 0.717) is 47.8 Å². The van der Waals surface area contributed by atoms with Gasteiger partial charge in [-0.05, 0) is 58.1 Å². The largest absolute Gasteiger partial charge is 0.444 e. The molecule has 3 fully saturated rings. The molecule has 2 unspecified atom stereocenters. The monoisotopic (exact) mass is 573 g/mol. The van der Waals surface area contributed by atoms with Crippen LogP contribution in [0.25, 0.3) is 22.3 Å². The summed E-state index contributed by atoms with van der Waals surface area (Å²) in [5.41, 5.74) is 9.07. The first-order valence-electron chi connectivity index (χ1n) is 14.8. The number of piperidine rings is 1. The highest BCUT2D eigenvalue weighted by Crippen LogP contribution is 2.30. The number of aromatic nitrogens is 3. The van der Waals surface area contributed by atoms with Crippen molar-refractivity contribution in [3.05, 3.63) is 47.8 Å². The van der Waals surface area contributed by atoms with Crippen molar-refractivity contribution in [1.29, 1.82) is 0 Å². The van der Waals surface area contributed by atoms with Crippen LogP contribution in [0.1, 0.15) is 62.4 Å². The molecule has 2 amide bonds. The second kappa shape index (κ2) is 11.4. The van der Waals surface area contributed by atoms with Gasteiger partial charge in [-0.3, -0.25) is 9.69 Å². The van der Waals surface area contributed by atoms with Gasteiger partial charge in [0.25, 0.3) is 5.91 Å². The number of carbonyl (C=O) groups is 2. The maximum absolute atomic E-state index is 12.7. The molecule has 3 N–H and O–H groups in total. The molecule has 1 aromatic carbocycles. The van der Waals surface area contributed by atoms with Gasteiger partial charge in [-0.1, -0.05) is 24.3 Å². The third-order valence-corrected chi connectivity index (χ3v) is 8.05. The molecular weight excluding hydrogens is 534 g/mol. The second-order valence-corrected chi connectivity index (χ2v) is 12.6. The molecule has 6 rings (SSSR count). The van der Waals surface area contributed by atoms with E-state index in [0.717, 1.165) is 50.9 Å². The number of fused-ring (bicyclic) bond motifs is 3. The minimum Gasteiger partial charge on any atom is -0.444 e. The summed E-state index contributed by atoms with van der Waals surface area (Å²) in [6.07, 6.45) is 5.76. The molecule has 2 aromatic heterocycles. The fraction of sp³-hybridized carbons (Fsp3) is 0.516. The molecule has 222 valence electrons. The van der Waals surface area contributed by atoms with E-state index in [2.05, 4.69) is 32.3 Å². The number of amides is 2. The first kappa shape index (κ1) is 28.3. The highest BCUT2D eigenvalue weighted by atomic mass is 16.6. The lowest BCUT2D eigenvalue weighted by Crippen LogP contribution is -2.47. The predicted molar refractivity (Wildman–Crippen MR) is 159 cm³/mol. The number of hydrogen-bond donors (Lipinski definition) is 2. The Kier molecular flexibility index (Phi) is 7.71. The lowest BCUT2D eigenvalue weighted by atomic mass is 10.0. The average molecular weight is 574 g/mol. The van der Waals surface area contributed by atoms with Gasteiger partial charge >= 0.3 is 6.09 Å². The summed E-state index contributed by atoms with van der Waals surface area (Å²) >= 11 is 0. The normalized spacial score (nSPS) is 22.7. The summed E-state index contributed by atoms with van der Waals surface area (Å²) in [4.78, 5) is 43.1. The zero-order valence-corrected chi connectivity index (χ0v) is 24.5. The maximum atomic E-state index is 12.7. The Hall–Kier alpha value is -3.83. The SMILES string of the molecule is CC(C)(C)OC(=O)N1CCC[C@H](Nc2ncnc3c(C(N)=O)cc(-c4ccc(CN5CC6CCC(C5)O6)cc4)nc23)C1. The number of nitrogens with zero attached hydrogens (tertiary/aromatic N) is 5. The van der Waals surface area contributed by atoms with Crippen molar-refractivity contribution in [3.8, 4) is 11.3 Å². The standard InChI is InChI=1S/C31H39N7O4/c1-31(2,3)42-30(40)38-12-4-5-21(15-38)35-29-27-26(33-18-34-29)24(28(32)39)13-25(36-27)20-8-6-19(7-9-20)14-37-16-22-10-11-23(17-37)41-22/h6-9,13,18,21-23H,4-5,10-12,14-17H2,1-3H3,(H2,32,39)(H,33,34,35)/t21-,22?,23?/m0/s1. The molecule has 0 spiro atoms. The highest BCUT2D eigenvalue weighted by Gasteiger charge is 2.33.